The number of aromatic nitrogens is 1. The summed E-state index contributed by atoms with van der Waals surface area (Å²) in [6, 6.07) is 6.49. The van der Waals surface area contributed by atoms with Gasteiger partial charge in [-0.25, -0.2) is 9.37 Å². The number of amides is 1. The second-order valence-electron chi connectivity index (χ2n) is 7.62. The van der Waals surface area contributed by atoms with Crippen LogP contribution in [0.4, 0.5) is 15.2 Å². The Morgan fingerprint density at radius 3 is 2.29 bits per heavy atom. The van der Waals surface area contributed by atoms with Gasteiger partial charge in [0.15, 0.2) is 11.1 Å². The average Bonchev–Trinajstić information content (AvgIpc) is 3.35. The number of carbonyl (C=O) groups is 1. The highest BCUT2D eigenvalue weighted by Crippen LogP contribution is 2.19. The van der Waals surface area contributed by atoms with Crippen molar-refractivity contribution in [1.29, 1.82) is 0 Å². The summed E-state index contributed by atoms with van der Waals surface area (Å²) in [6.07, 6.45) is 2.18. The SMILES string of the molecule is NC(=NCCC(=O)N1CCN(c2ccc(F)cc2)CC1)N1CCN(c2nccs2)CC1. The maximum atomic E-state index is 13.1. The number of piperazine rings is 2. The quantitative estimate of drug-likeness (QED) is 0.554. The Morgan fingerprint density at radius 2 is 1.65 bits per heavy atom. The van der Waals surface area contributed by atoms with Gasteiger partial charge in [-0.1, -0.05) is 0 Å². The molecule has 166 valence electrons. The molecule has 2 fully saturated rings. The van der Waals surface area contributed by atoms with E-state index in [1.54, 1.807) is 23.5 Å². The van der Waals surface area contributed by atoms with E-state index in [0.717, 1.165) is 50.1 Å². The van der Waals surface area contributed by atoms with Crippen LogP contribution in [0.1, 0.15) is 6.42 Å². The summed E-state index contributed by atoms with van der Waals surface area (Å²) in [6.45, 7) is 6.53. The molecule has 1 amide bonds. The summed E-state index contributed by atoms with van der Waals surface area (Å²) in [5, 5.41) is 3.03. The topological polar surface area (TPSA) is 81.3 Å². The number of benzene rings is 1. The minimum atomic E-state index is -0.237. The number of hydrogen-bond donors (Lipinski definition) is 1. The van der Waals surface area contributed by atoms with Gasteiger partial charge in [-0.15, -0.1) is 11.3 Å². The minimum Gasteiger partial charge on any atom is -0.370 e. The lowest BCUT2D eigenvalue weighted by Crippen LogP contribution is -2.51. The molecule has 1 aromatic carbocycles. The van der Waals surface area contributed by atoms with E-state index < -0.39 is 0 Å². The molecule has 31 heavy (non-hydrogen) atoms. The number of guanidine groups is 1. The van der Waals surface area contributed by atoms with E-state index in [0.29, 0.717) is 32.0 Å². The summed E-state index contributed by atoms with van der Waals surface area (Å²) in [5.74, 6) is 0.371. The number of nitrogens with two attached hydrogens (primary N) is 1. The maximum absolute atomic E-state index is 13.1. The molecular weight excluding hydrogens is 417 g/mol. The van der Waals surface area contributed by atoms with Gasteiger partial charge in [0.2, 0.25) is 5.91 Å². The van der Waals surface area contributed by atoms with E-state index in [1.165, 1.54) is 12.1 Å². The third-order valence-corrected chi connectivity index (χ3v) is 6.55. The number of rotatable bonds is 5. The van der Waals surface area contributed by atoms with Gasteiger partial charge in [0.25, 0.3) is 0 Å². The van der Waals surface area contributed by atoms with Crippen LogP contribution in [0.5, 0.6) is 0 Å². The fourth-order valence-corrected chi connectivity index (χ4v) is 4.59. The zero-order valence-corrected chi connectivity index (χ0v) is 18.3. The van der Waals surface area contributed by atoms with Gasteiger partial charge in [-0.05, 0) is 24.3 Å². The van der Waals surface area contributed by atoms with Crippen LogP contribution in [-0.2, 0) is 4.79 Å². The fourth-order valence-electron chi connectivity index (χ4n) is 3.89. The smallest absolute Gasteiger partial charge is 0.224 e. The monoisotopic (exact) mass is 445 g/mol. The van der Waals surface area contributed by atoms with E-state index >= 15 is 0 Å². The number of aliphatic imine (C=N–C) groups is 1. The van der Waals surface area contributed by atoms with E-state index in [4.69, 9.17) is 5.73 Å². The van der Waals surface area contributed by atoms with Crippen LogP contribution in [-0.4, -0.2) is 85.6 Å². The van der Waals surface area contributed by atoms with Gasteiger partial charge in [0.05, 0.1) is 6.54 Å². The third-order valence-electron chi connectivity index (χ3n) is 5.72. The normalized spacial score (nSPS) is 17.9. The first-order chi connectivity index (χ1) is 15.1. The maximum Gasteiger partial charge on any atom is 0.224 e. The van der Waals surface area contributed by atoms with Crippen LogP contribution in [0.3, 0.4) is 0 Å². The molecule has 2 aromatic rings. The lowest BCUT2D eigenvalue weighted by molar-refractivity contribution is -0.131. The predicted octanol–water partition coefficient (Wildman–Crippen LogP) is 1.46. The van der Waals surface area contributed by atoms with Crippen molar-refractivity contribution < 1.29 is 9.18 Å². The number of halogens is 1. The molecule has 8 nitrogen and oxygen atoms in total. The van der Waals surface area contributed by atoms with Crippen molar-refractivity contribution in [1.82, 2.24) is 14.8 Å². The second-order valence-corrected chi connectivity index (χ2v) is 8.50. The number of carbonyl (C=O) groups excluding carboxylic acids is 1. The molecule has 3 heterocycles. The van der Waals surface area contributed by atoms with E-state index in [2.05, 4.69) is 24.7 Å². The molecule has 0 spiro atoms. The molecule has 1 aromatic heterocycles. The summed E-state index contributed by atoms with van der Waals surface area (Å²) in [7, 11) is 0. The van der Waals surface area contributed by atoms with Crippen LogP contribution >= 0.6 is 11.3 Å². The van der Waals surface area contributed by atoms with Crippen molar-refractivity contribution in [3.8, 4) is 0 Å². The Balaban J connectivity index is 1.18. The Hall–Kier alpha value is -2.88. The van der Waals surface area contributed by atoms with Crippen molar-refractivity contribution in [3.05, 3.63) is 41.7 Å². The number of anilines is 2. The molecule has 0 saturated carbocycles. The standard InChI is InChI=1S/C21H28FN7OS/c22-17-1-3-18(4-2-17)26-8-10-27(11-9-26)19(30)5-6-24-20(23)28-12-14-29(15-13-28)21-25-7-16-31-21/h1-4,7,16H,5-6,8-15H2,(H2,23,24). The fraction of sp³-hybridized carbons (Fsp3) is 0.476. The molecule has 0 unspecified atom stereocenters. The van der Waals surface area contributed by atoms with Gasteiger partial charge in [-0.3, -0.25) is 9.79 Å². The largest absolute Gasteiger partial charge is 0.370 e. The van der Waals surface area contributed by atoms with Crippen LogP contribution in [0.15, 0.2) is 40.8 Å². The summed E-state index contributed by atoms with van der Waals surface area (Å²) in [5.41, 5.74) is 7.14. The minimum absolute atomic E-state index is 0.101. The molecule has 10 heteroatoms. The molecule has 0 aliphatic carbocycles. The first kappa shape index (κ1) is 21.4. The molecule has 2 N–H and O–H groups in total. The van der Waals surface area contributed by atoms with Crippen molar-refractivity contribution in [2.24, 2.45) is 10.7 Å². The van der Waals surface area contributed by atoms with E-state index in [1.807, 2.05) is 16.5 Å². The number of nitrogens with zero attached hydrogens (tertiary/aromatic N) is 6. The van der Waals surface area contributed by atoms with Gasteiger partial charge >= 0.3 is 0 Å². The molecular formula is C21H28FN7OS. The van der Waals surface area contributed by atoms with Crippen LogP contribution < -0.4 is 15.5 Å². The Bertz CT molecular complexity index is 874. The Kier molecular flexibility index (Phi) is 6.86. The third kappa shape index (κ3) is 5.43. The van der Waals surface area contributed by atoms with Crippen LogP contribution in [0.25, 0.3) is 0 Å². The van der Waals surface area contributed by atoms with Gasteiger partial charge in [0, 0.05) is 76.0 Å². The molecule has 4 rings (SSSR count). The summed E-state index contributed by atoms with van der Waals surface area (Å²) >= 11 is 1.64. The number of hydrogen-bond acceptors (Lipinski definition) is 6. The highest BCUT2D eigenvalue weighted by molar-refractivity contribution is 7.13. The number of thiazole rings is 1. The molecule has 2 aliphatic rings. The van der Waals surface area contributed by atoms with Gasteiger partial charge in [-0.2, -0.15) is 0 Å². The zero-order chi connectivity index (χ0) is 21.6. The van der Waals surface area contributed by atoms with Crippen molar-refractivity contribution in [3.63, 3.8) is 0 Å². The molecule has 2 saturated heterocycles. The van der Waals surface area contributed by atoms with Gasteiger partial charge in [0.1, 0.15) is 5.82 Å². The zero-order valence-electron chi connectivity index (χ0n) is 17.5. The highest BCUT2D eigenvalue weighted by Gasteiger charge is 2.22. The average molecular weight is 446 g/mol. The summed E-state index contributed by atoms with van der Waals surface area (Å²) < 4.78 is 13.1. The van der Waals surface area contributed by atoms with Crippen molar-refractivity contribution in [2.75, 3.05) is 68.7 Å². The summed E-state index contributed by atoms with van der Waals surface area (Å²) in [4.78, 5) is 29.7. The first-order valence-corrected chi connectivity index (χ1v) is 11.5. The van der Waals surface area contributed by atoms with E-state index in [-0.39, 0.29) is 11.7 Å². The second kappa shape index (κ2) is 9.95. The molecule has 0 atom stereocenters. The Labute approximate surface area is 185 Å². The molecule has 2 aliphatic heterocycles. The van der Waals surface area contributed by atoms with Crippen LogP contribution in [0.2, 0.25) is 0 Å². The van der Waals surface area contributed by atoms with Crippen LogP contribution in [0, 0.1) is 5.82 Å². The molecule has 0 bridgehead atoms. The first-order valence-electron chi connectivity index (χ1n) is 10.6. The Morgan fingerprint density at radius 1 is 1.00 bits per heavy atom. The molecule has 0 radical (unpaired) electrons. The van der Waals surface area contributed by atoms with Crippen molar-refractivity contribution in [2.45, 2.75) is 6.42 Å². The highest BCUT2D eigenvalue weighted by atomic mass is 32.1. The predicted molar refractivity (Wildman–Crippen MR) is 122 cm³/mol. The lowest BCUT2D eigenvalue weighted by atomic mass is 10.2. The van der Waals surface area contributed by atoms with Gasteiger partial charge < -0.3 is 25.3 Å². The van der Waals surface area contributed by atoms with Crippen molar-refractivity contribution >= 4 is 34.0 Å². The van der Waals surface area contributed by atoms with E-state index in [9.17, 15) is 9.18 Å². The lowest BCUT2D eigenvalue weighted by Gasteiger charge is -2.36.